The van der Waals surface area contributed by atoms with Gasteiger partial charge in [-0.15, -0.1) is 0 Å². The number of carboxylic acids is 1. The molecule has 0 aliphatic carbocycles. The number of carbonyl (C=O) groups is 2. The van der Waals surface area contributed by atoms with E-state index in [0.29, 0.717) is 0 Å². The summed E-state index contributed by atoms with van der Waals surface area (Å²) in [6, 6.07) is -3.80. The summed E-state index contributed by atoms with van der Waals surface area (Å²) < 4.78 is 4.89. The number of rotatable bonds is 7. The molecule has 0 aromatic carbocycles. The number of aliphatic hydroxyl groups excluding tert-OH is 2. The Labute approximate surface area is 125 Å². The van der Waals surface area contributed by atoms with Crippen molar-refractivity contribution in [2.24, 2.45) is 5.73 Å². The smallest absolute Gasteiger partial charge is 0.328 e. The lowest BCUT2D eigenvalue weighted by atomic mass is 10.2. The molecule has 22 heavy (non-hydrogen) atoms. The molecule has 2 amide bonds. The van der Waals surface area contributed by atoms with E-state index < -0.39 is 36.2 Å². The number of aliphatic hydroxyl groups is 2. The van der Waals surface area contributed by atoms with Crippen LogP contribution in [0.25, 0.3) is 0 Å². The van der Waals surface area contributed by atoms with Gasteiger partial charge in [0, 0.05) is 0 Å². The fourth-order valence-electron chi connectivity index (χ4n) is 1.49. The largest absolute Gasteiger partial charge is 0.480 e. The van der Waals surface area contributed by atoms with Crippen LogP contribution < -0.4 is 16.4 Å². The number of amides is 2. The van der Waals surface area contributed by atoms with Gasteiger partial charge in [0.2, 0.25) is 5.89 Å². The molecule has 124 valence electrons. The molecular weight excluding hydrogens is 298 g/mol. The number of nitrogens with two attached hydrogens (primary N) is 1. The highest BCUT2D eigenvalue weighted by Gasteiger charge is 2.26. The van der Waals surface area contributed by atoms with Gasteiger partial charge in [0.15, 0.2) is 11.9 Å². The normalized spacial score (nSPS) is 16.4. The third-order valence-electron chi connectivity index (χ3n) is 2.74. The van der Waals surface area contributed by atoms with Crippen molar-refractivity contribution in [1.82, 2.24) is 20.8 Å². The van der Waals surface area contributed by atoms with Gasteiger partial charge in [-0.2, -0.15) is 4.98 Å². The van der Waals surface area contributed by atoms with Gasteiger partial charge in [-0.25, -0.2) is 9.59 Å². The highest BCUT2D eigenvalue weighted by molar-refractivity contribution is 5.83. The van der Waals surface area contributed by atoms with E-state index in [1.807, 2.05) is 0 Å². The Kier molecular flexibility index (Phi) is 6.22. The second-order valence-corrected chi connectivity index (χ2v) is 4.68. The Balaban J connectivity index is 2.64. The van der Waals surface area contributed by atoms with Crippen LogP contribution in [-0.2, 0) is 4.79 Å². The fourth-order valence-corrected chi connectivity index (χ4v) is 1.49. The van der Waals surface area contributed by atoms with Gasteiger partial charge in [0.25, 0.3) is 0 Å². The Morgan fingerprint density at radius 1 is 1.36 bits per heavy atom. The maximum absolute atomic E-state index is 11.7. The molecule has 11 heteroatoms. The number of aliphatic carboxylic acids is 1. The monoisotopic (exact) mass is 317 g/mol. The minimum absolute atomic E-state index is 0.0398. The molecular formula is C11H19N5O6. The number of aromatic nitrogens is 2. The van der Waals surface area contributed by atoms with E-state index in [1.54, 1.807) is 0 Å². The van der Waals surface area contributed by atoms with Gasteiger partial charge < -0.3 is 36.2 Å². The van der Waals surface area contributed by atoms with Crippen molar-refractivity contribution in [2.45, 2.75) is 38.1 Å². The topological polar surface area (TPSA) is 184 Å². The molecule has 2 unspecified atom stereocenters. The maximum atomic E-state index is 11.7. The van der Waals surface area contributed by atoms with E-state index in [2.05, 4.69) is 20.8 Å². The van der Waals surface area contributed by atoms with Crippen molar-refractivity contribution in [3.05, 3.63) is 11.7 Å². The Hall–Kier alpha value is -2.24. The number of hydrogen-bond acceptors (Lipinski definition) is 8. The van der Waals surface area contributed by atoms with E-state index >= 15 is 0 Å². The number of carboxylic acid groups (broad SMARTS) is 1. The third-order valence-corrected chi connectivity index (χ3v) is 2.74. The highest BCUT2D eigenvalue weighted by atomic mass is 16.5. The first-order valence-electron chi connectivity index (χ1n) is 6.44. The minimum atomic E-state index is -1.45. The molecule has 0 saturated heterocycles. The minimum Gasteiger partial charge on any atom is -0.480 e. The van der Waals surface area contributed by atoms with Gasteiger partial charge in [-0.05, 0) is 13.8 Å². The Morgan fingerprint density at radius 3 is 2.50 bits per heavy atom. The van der Waals surface area contributed by atoms with Crippen molar-refractivity contribution in [2.75, 3.05) is 6.61 Å². The molecule has 7 N–H and O–H groups in total. The molecule has 0 fully saturated rings. The molecule has 1 rings (SSSR count). The predicted molar refractivity (Wildman–Crippen MR) is 71.5 cm³/mol. The number of nitrogens with zero attached hydrogens (tertiary/aromatic N) is 2. The van der Waals surface area contributed by atoms with E-state index in [9.17, 15) is 14.7 Å². The second-order valence-electron chi connectivity index (χ2n) is 4.68. The number of hydrogen-bond donors (Lipinski definition) is 6. The summed E-state index contributed by atoms with van der Waals surface area (Å²) >= 11 is 0. The molecule has 0 aliphatic rings. The lowest BCUT2D eigenvalue weighted by Crippen LogP contribution is -2.51. The van der Waals surface area contributed by atoms with Gasteiger partial charge in [-0.1, -0.05) is 5.16 Å². The van der Waals surface area contributed by atoms with Crippen LogP contribution in [0.4, 0.5) is 4.79 Å². The molecule has 11 nitrogen and oxygen atoms in total. The quantitative estimate of drug-likeness (QED) is 0.339. The van der Waals surface area contributed by atoms with Crippen LogP contribution in [0.1, 0.15) is 37.6 Å². The molecule has 0 aliphatic heterocycles. The zero-order valence-electron chi connectivity index (χ0n) is 12.1. The third kappa shape index (κ3) is 4.65. The fraction of sp³-hybridized carbons (Fsp3) is 0.636. The van der Waals surface area contributed by atoms with Crippen LogP contribution in [0.3, 0.4) is 0 Å². The molecule has 1 aromatic rings. The molecule has 4 atom stereocenters. The molecule has 0 bridgehead atoms. The van der Waals surface area contributed by atoms with Crippen LogP contribution in [0, 0.1) is 0 Å². The highest BCUT2D eigenvalue weighted by Crippen LogP contribution is 2.12. The van der Waals surface area contributed by atoms with Crippen LogP contribution in [0.15, 0.2) is 4.52 Å². The first kappa shape index (κ1) is 17.8. The zero-order chi connectivity index (χ0) is 16.9. The van der Waals surface area contributed by atoms with Crippen molar-refractivity contribution in [3.63, 3.8) is 0 Å². The van der Waals surface area contributed by atoms with Crippen LogP contribution in [-0.4, -0.2) is 56.2 Å². The number of urea groups is 1. The van der Waals surface area contributed by atoms with Crippen molar-refractivity contribution in [1.29, 1.82) is 0 Å². The van der Waals surface area contributed by atoms with Gasteiger partial charge in [-0.3, -0.25) is 0 Å². The molecule has 0 radical (unpaired) electrons. The predicted octanol–water partition coefficient (Wildman–Crippen LogP) is -1.74. The van der Waals surface area contributed by atoms with E-state index in [-0.39, 0.29) is 18.3 Å². The first-order valence-corrected chi connectivity index (χ1v) is 6.44. The van der Waals surface area contributed by atoms with E-state index in [0.717, 1.165) is 0 Å². The standard InChI is InChI=1S/C11H19N5O6/c1-4(9-15-8(16-22-9)6(12)3-17)13-11(21)14-7(5(2)18)10(19)20/h4-7,17-18H,3,12H2,1-2H3,(H,19,20)(H2,13,14,21)/t4-,5?,6-,7?/m0/s1. The number of carbonyl (C=O) groups excluding carboxylic acids is 1. The maximum Gasteiger partial charge on any atom is 0.328 e. The Bertz CT molecular complexity index is 519. The van der Waals surface area contributed by atoms with E-state index in [4.69, 9.17) is 20.5 Å². The summed E-state index contributed by atoms with van der Waals surface area (Å²) in [6.45, 7) is 2.40. The van der Waals surface area contributed by atoms with Crippen molar-refractivity contribution >= 4 is 12.0 Å². The van der Waals surface area contributed by atoms with Gasteiger partial charge >= 0.3 is 12.0 Å². The lowest BCUT2D eigenvalue weighted by Gasteiger charge is -2.18. The lowest BCUT2D eigenvalue weighted by molar-refractivity contribution is -0.141. The van der Waals surface area contributed by atoms with Gasteiger partial charge in [0.05, 0.1) is 18.8 Å². The van der Waals surface area contributed by atoms with Crippen LogP contribution >= 0.6 is 0 Å². The summed E-state index contributed by atoms with van der Waals surface area (Å²) in [4.78, 5) is 26.5. The second kappa shape index (κ2) is 7.68. The number of nitrogens with one attached hydrogen (secondary N) is 2. The summed E-state index contributed by atoms with van der Waals surface area (Å²) in [5.74, 6) is -1.25. The summed E-state index contributed by atoms with van der Waals surface area (Å²) in [5, 5.41) is 35.0. The van der Waals surface area contributed by atoms with Gasteiger partial charge in [0.1, 0.15) is 6.04 Å². The van der Waals surface area contributed by atoms with Crippen molar-refractivity contribution in [3.8, 4) is 0 Å². The summed E-state index contributed by atoms with van der Waals surface area (Å²) in [6.07, 6.45) is -1.27. The molecule has 0 spiro atoms. The van der Waals surface area contributed by atoms with E-state index in [1.165, 1.54) is 13.8 Å². The summed E-state index contributed by atoms with van der Waals surface area (Å²) in [7, 11) is 0. The van der Waals surface area contributed by atoms with Crippen molar-refractivity contribution < 1.29 is 29.4 Å². The van der Waals surface area contributed by atoms with Crippen LogP contribution in [0.5, 0.6) is 0 Å². The first-order chi connectivity index (χ1) is 10.3. The Morgan fingerprint density at radius 2 is 2.00 bits per heavy atom. The van der Waals surface area contributed by atoms with Crippen LogP contribution in [0.2, 0.25) is 0 Å². The molecule has 1 heterocycles. The molecule has 0 saturated carbocycles. The SMILES string of the molecule is CC(O)C(NC(=O)N[C@@H](C)c1nc([C@@H](N)CO)no1)C(=O)O. The average Bonchev–Trinajstić information content (AvgIpc) is 2.93. The average molecular weight is 317 g/mol. The zero-order valence-corrected chi connectivity index (χ0v) is 12.1. The molecule has 1 aromatic heterocycles. The summed E-state index contributed by atoms with van der Waals surface area (Å²) in [5.41, 5.74) is 5.51.